The quantitative estimate of drug-likeness (QED) is 0.746. The summed E-state index contributed by atoms with van der Waals surface area (Å²) in [5.41, 5.74) is 2.23. The first-order valence-corrected chi connectivity index (χ1v) is 7.31. The van der Waals surface area contributed by atoms with Crippen molar-refractivity contribution < 1.29 is 14.0 Å². The second-order valence-corrected chi connectivity index (χ2v) is 5.21. The minimum Gasteiger partial charge on any atom is -0.496 e. The van der Waals surface area contributed by atoms with Gasteiger partial charge in [0.05, 0.1) is 20.3 Å². The van der Waals surface area contributed by atoms with E-state index in [9.17, 15) is 0 Å². The summed E-state index contributed by atoms with van der Waals surface area (Å²) >= 11 is 0. The van der Waals surface area contributed by atoms with Crippen molar-refractivity contribution in [3.8, 4) is 5.75 Å². The Bertz CT molecular complexity index is 598. The molecule has 1 heterocycles. The van der Waals surface area contributed by atoms with Crippen molar-refractivity contribution in [1.82, 2.24) is 15.0 Å². The molecule has 0 aliphatic rings. The van der Waals surface area contributed by atoms with Gasteiger partial charge in [0.2, 0.25) is 5.89 Å². The van der Waals surface area contributed by atoms with Crippen LogP contribution in [0.3, 0.4) is 0 Å². The summed E-state index contributed by atoms with van der Waals surface area (Å²) in [6, 6.07) is 6.13. The monoisotopic (exact) mass is 305 g/mol. The number of hydrogen-bond donors (Lipinski definition) is 0. The maximum absolute atomic E-state index is 5.34. The van der Waals surface area contributed by atoms with Gasteiger partial charge >= 0.3 is 0 Å². The van der Waals surface area contributed by atoms with Gasteiger partial charge in [0.15, 0.2) is 5.82 Å². The highest BCUT2D eigenvalue weighted by atomic mass is 16.5. The molecule has 1 aromatic carbocycles. The maximum atomic E-state index is 5.34. The Balaban J connectivity index is 2.01. The molecule has 0 aliphatic carbocycles. The van der Waals surface area contributed by atoms with E-state index in [4.69, 9.17) is 14.0 Å². The van der Waals surface area contributed by atoms with E-state index in [1.54, 1.807) is 14.2 Å². The van der Waals surface area contributed by atoms with Crippen LogP contribution in [0.2, 0.25) is 0 Å². The molecule has 6 heteroatoms. The molecule has 0 spiro atoms. The first kappa shape index (κ1) is 16.5. The van der Waals surface area contributed by atoms with Crippen molar-refractivity contribution in [1.29, 1.82) is 0 Å². The Morgan fingerprint density at radius 3 is 2.68 bits per heavy atom. The lowest BCUT2D eigenvalue weighted by Crippen LogP contribution is -2.17. The van der Waals surface area contributed by atoms with Gasteiger partial charge in [-0.25, -0.2) is 0 Å². The molecule has 0 unspecified atom stereocenters. The number of benzene rings is 1. The van der Waals surface area contributed by atoms with Crippen LogP contribution in [0.4, 0.5) is 0 Å². The van der Waals surface area contributed by atoms with E-state index in [-0.39, 0.29) is 0 Å². The molecule has 120 valence electrons. The highest BCUT2D eigenvalue weighted by Crippen LogP contribution is 2.21. The van der Waals surface area contributed by atoms with Gasteiger partial charge in [-0.2, -0.15) is 4.98 Å². The largest absolute Gasteiger partial charge is 0.496 e. The topological polar surface area (TPSA) is 60.6 Å². The summed E-state index contributed by atoms with van der Waals surface area (Å²) in [4.78, 5) is 6.46. The predicted octanol–water partition coefficient (Wildman–Crippen LogP) is 2.42. The molecule has 2 aromatic rings. The van der Waals surface area contributed by atoms with Gasteiger partial charge in [-0.05, 0) is 24.7 Å². The van der Waals surface area contributed by atoms with Crippen LogP contribution in [0.15, 0.2) is 22.7 Å². The van der Waals surface area contributed by atoms with Crippen molar-refractivity contribution in [2.75, 3.05) is 21.3 Å². The molecule has 22 heavy (non-hydrogen) atoms. The van der Waals surface area contributed by atoms with E-state index in [2.05, 4.69) is 27.2 Å². The Morgan fingerprint density at radius 2 is 2.05 bits per heavy atom. The maximum Gasteiger partial charge on any atom is 0.240 e. The summed E-state index contributed by atoms with van der Waals surface area (Å²) in [5.74, 6) is 2.23. The molecule has 0 radical (unpaired) electrons. The molecule has 0 saturated carbocycles. The summed E-state index contributed by atoms with van der Waals surface area (Å²) in [6.07, 6.45) is 0.784. The lowest BCUT2D eigenvalue weighted by atomic mass is 10.1. The number of aromatic nitrogens is 2. The number of aryl methyl sites for hydroxylation is 1. The summed E-state index contributed by atoms with van der Waals surface area (Å²) in [7, 11) is 5.37. The van der Waals surface area contributed by atoms with Crippen molar-refractivity contribution in [3.63, 3.8) is 0 Å². The third-order valence-electron chi connectivity index (χ3n) is 3.33. The number of hydrogen-bond acceptors (Lipinski definition) is 6. The molecule has 0 bridgehead atoms. The molecular formula is C16H23N3O3. The van der Waals surface area contributed by atoms with Crippen LogP contribution in [0.25, 0.3) is 0 Å². The van der Waals surface area contributed by atoms with E-state index < -0.39 is 0 Å². The third kappa shape index (κ3) is 4.29. The van der Waals surface area contributed by atoms with Crippen LogP contribution >= 0.6 is 0 Å². The summed E-state index contributed by atoms with van der Waals surface area (Å²) < 4.78 is 15.8. The molecule has 0 saturated heterocycles. The van der Waals surface area contributed by atoms with Gasteiger partial charge < -0.3 is 14.0 Å². The standard InChI is InChI=1S/C16H23N3O3/c1-5-15-17-16(22-18-15)10-19(2)9-12-6-7-14(21-4)13(8-12)11-20-3/h6-8H,5,9-11H2,1-4H3. The van der Waals surface area contributed by atoms with Crippen LogP contribution in [-0.4, -0.2) is 36.3 Å². The SMILES string of the molecule is CCc1noc(CN(C)Cc2ccc(OC)c(COC)c2)n1. The fourth-order valence-electron chi connectivity index (χ4n) is 2.30. The molecule has 2 rings (SSSR count). The van der Waals surface area contributed by atoms with Crippen molar-refractivity contribution in [3.05, 3.63) is 41.0 Å². The zero-order valence-electron chi connectivity index (χ0n) is 13.6. The first-order valence-electron chi connectivity index (χ1n) is 7.31. The van der Waals surface area contributed by atoms with Crippen LogP contribution in [0.5, 0.6) is 5.75 Å². The number of methoxy groups -OCH3 is 2. The molecule has 0 aliphatic heterocycles. The van der Waals surface area contributed by atoms with Gasteiger partial charge in [-0.3, -0.25) is 4.90 Å². The highest BCUT2D eigenvalue weighted by molar-refractivity contribution is 5.36. The van der Waals surface area contributed by atoms with E-state index in [0.29, 0.717) is 19.0 Å². The summed E-state index contributed by atoms with van der Waals surface area (Å²) in [5, 5.41) is 3.91. The molecule has 6 nitrogen and oxygen atoms in total. The highest BCUT2D eigenvalue weighted by Gasteiger charge is 2.10. The Kier molecular flexibility index (Phi) is 5.91. The lowest BCUT2D eigenvalue weighted by molar-refractivity contribution is 0.181. The summed E-state index contributed by atoms with van der Waals surface area (Å²) in [6.45, 7) is 3.94. The van der Waals surface area contributed by atoms with E-state index in [1.165, 1.54) is 5.56 Å². The number of ether oxygens (including phenoxy) is 2. The van der Waals surface area contributed by atoms with E-state index in [1.807, 2.05) is 20.0 Å². The van der Waals surface area contributed by atoms with E-state index in [0.717, 1.165) is 30.1 Å². The number of nitrogens with zero attached hydrogens (tertiary/aromatic N) is 3. The molecule has 0 atom stereocenters. The average Bonchev–Trinajstić information content (AvgIpc) is 2.95. The Hall–Kier alpha value is -1.92. The normalized spacial score (nSPS) is 11.1. The average molecular weight is 305 g/mol. The van der Waals surface area contributed by atoms with Gasteiger partial charge in [0.1, 0.15) is 5.75 Å². The zero-order chi connectivity index (χ0) is 15.9. The molecule has 0 fully saturated rings. The second kappa shape index (κ2) is 7.91. The predicted molar refractivity (Wildman–Crippen MR) is 82.6 cm³/mol. The molecule has 0 N–H and O–H groups in total. The molecule has 0 amide bonds. The second-order valence-electron chi connectivity index (χ2n) is 5.21. The fraction of sp³-hybridized carbons (Fsp3) is 0.500. The van der Waals surface area contributed by atoms with Gasteiger partial charge in [0, 0.05) is 25.6 Å². The Labute approximate surface area is 131 Å². The van der Waals surface area contributed by atoms with Gasteiger partial charge in [-0.15, -0.1) is 0 Å². The number of rotatable bonds is 8. The third-order valence-corrected chi connectivity index (χ3v) is 3.33. The smallest absolute Gasteiger partial charge is 0.240 e. The lowest BCUT2D eigenvalue weighted by Gasteiger charge is -2.16. The van der Waals surface area contributed by atoms with Crippen molar-refractivity contribution >= 4 is 0 Å². The fourth-order valence-corrected chi connectivity index (χ4v) is 2.30. The van der Waals surface area contributed by atoms with Crippen LogP contribution in [-0.2, 0) is 30.9 Å². The van der Waals surface area contributed by atoms with Crippen molar-refractivity contribution in [2.24, 2.45) is 0 Å². The van der Waals surface area contributed by atoms with E-state index >= 15 is 0 Å². The van der Waals surface area contributed by atoms with Crippen LogP contribution in [0, 0.1) is 0 Å². The van der Waals surface area contributed by atoms with Gasteiger partial charge in [0.25, 0.3) is 0 Å². The first-order chi connectivity index (χ1) is 10.7. The zero-order valence-corrected chi connectivity index (χ0v) is 13.6. The molecule has 1 aromatic heterocycles. The van der Waals surface area contributed by atoms with Gasteiger partial charge in [-0.1, -0.05) is 18.1 Å². The van der Waals surface area contributed by atoms with Crippen LogP contribution in [0.1, 0.15) is 29.8 Å². The van der Waals surface area contributed by atoms with Crippen LogP contribution < -0.4 is 4.74 Å². The minimum atomic E-state index is 0.532. The molecular weight excluding hydrogens is 282 g/mol. The van der Waals surface area contributed by atoms with Crippen molar-refractivity contribution in [2.45, 2.75) is 33.0 Å². The minimum absolute atomic E-state index is 0.532. The Morgan fingerprint density at radius 1 is 1.23 bits per heavy atom.